The van der Waals surface area contributed by atoms with Crippen LogP contribution in [0.2, 0.25) is 0 Å². The smallest absolute Gasteiger partial charge is 0.299 e. The lowest BCUT2D eigenvalue weighted by atomic mass is 10.2. The molecule has 0 aliphatic carbocycles. The average Bonchev–Trinajstić information content (AvgIpc) is 2.37. The van der Waals surface area contributed by atoms with Gasteiger partial charge < -0.3 is 4.90 Å². The predicted molar refractivity (Wildman–Crippen MR) is 79.6 cm³/mol. The van der Waals surface area contributed by atoms with Crippen LogP contribution in [0.15, 0.2) is 18.2 Å². The number of non-ortho nitro benzene ring substituents is 1. The van der Waals surface area contributed by atoms with Gasteiger partial charge in [0, 0.05) is 29.8 Å². The van der Waals surface area contributed by atoms with Gasteiger partial charge >= 0.3 is 0 Å². The fraction of sp³-hybridized carbons (Fsp3) is 0.400. The Balaban J connectivity index is 3.24. The molecule has 0 atom stereocenters. The molecular formula is C10H11Br2N3O4. The summed E-state index contributed by atoms with van der Waals surface area (Å²) in [5.41, 5.74) is -0.154. The van der Waals surface area contributed by atoms with Gasteiger partial charge in [0.05, 0.1) is 15.9 Å². The van der Waals surface area contributed by atoms with E-state index in [9.17, 15) is 20.2 Å². The van der Waals surface area contributed by atoms with E-state index < -0.39 is 9.85 Å². The minimum absolute atomic E-state index is 0.254. The van der Waals surface area contributed by atoms with Gasteiger partial charge in [-0.1, -0.05) is 31.9 Å². The Labute approximate surface area is 126 Å². The number of anilines is 1. The minimum Gasteiger partial charge on any atom is -0.364 e. The summed E-state index contributed by atoms with van der Waals surface area (Å²) < 4.78 is 0. The summed E-state index contributed by atoms with van der Waals surface area (Å²) in [5.74, 6) is 0. The molecule has 1 aromatic carbocycles. The summed E-state index contributed by atoms with van der Waals surface area (Å²) in [5, 5.41) is 23.0. The molecule has 0 unspecified atom stereocenters. The van der Waals surface area contributed by atoms with Gasteiger partial charge in [-0.2, -0.15) is 0 Å². The van der Waals surface area contributed by atoms with Crippen molar-refractivity contribution >= 4 is 48.9 Å². The van der Waals surface area contributed by atoms with Crippen LogP contribution in [-0.4, -0.2) is 33.6 Å². The van der Waals surface area contributed by atoms with Gasteiger partial charge in [0.25, 0.3) is 11.4 Å². The van der Waals surface area contributed by atoms with E-state index in [1.165, 1.54) is 12.1 Å². The molecule has 0 aliphatic rings. The maximum atomic E-state index is 11.0. The second kappa shape index (κ2) is 7.39. The van der Waals surface area contributed by atoms with E-state index in [0.29, 0.717) is 29.4 Å². The van der Waals surface area contributed by atoms with E-state index in [4.69, 9.17) is 0 Å². The standard InChI is InChI=1S/C10H11Br2N3O4/c11-3-5-13(6-4-12)9-2-1-8(14(16)17)7-10(9)15(18)19/h1-2,7H,3-6H2. The molecule has 1 rings (SSSR count). The molecule has 0 N–H and O–H groups in total. The summed E-state index contributed by atoms with van der Waals surface area (Å²) in [6, 6.07) is 3.68. The number of halogens is 2. The number of hydrogen-bond donors (Lipinski definition) is 0. The highest BCUT2D eigenvalue weighted by Crippen LogP contribution is 2.32. The Hall–Kier alpha value is -1.22. The first-order chi connectivity index (χ1) is 9.01. The van der Waals surface area contributed by atoms with Gasteiger partial charge in [-0.25, -0.2) is 0 Å². The molecule has 7 nitrogen and oxygen atoms in total. The van der Waals surface area contributed by atoms with Crippen molar-refractivity contribution in [3.63, 3.8) is 0 Å². The predicted octanol–water partition coefficient (Wildman–Crippen LogP) is 3.10. The van der Waals surface area contributed by atoms with Crippen molar-refractivity contribution in [1.82, 2.24) is 0 Å². The third-order valence-electron chi connectivity index (χ3n) is 2.42. The SMILES string of the molecule is O=[N+]([O-])c1ccc(N(CCBr)CCBr)c([N+](=O)[O-])c1. The largest absolute Gasteiger partial charge is 0.364 e. The van der Waals surface area contributed by atoms with E-state index in [1.807, 2.05) is 0 Å². The first-order valence-electron chi connectivity index (χ1n) is 5.31. The zero-order chi connectivity index (χ0) is 14.4. The minimum atomic E-state index is -0.643. The molecule has 19 heavy (non-hydrogen) atoms. The van der Waals surface area contributed by atoms with Crippen LogP contribution in [0.4, 0.5) is 17.1 Å². The molecule has 0 radical (unpaired) electrons. The number of nitro groups is 2. The molecular weight excluding hydrogens is 386 g/mol. The summed E-state index contributed by atoms with van der Waals surface area (Å²) in [7, 11) is 0. The number of hydrogen-bond acceptors (Lipinski definition) is 5. The van der Waals surface area contributed by atoms with Crippen molar-refractivity contribution in [3.05, 3.63) is 38.4 Å². The number of benzene rings is 1. The fourth-order valence-corrected chi connectivity index (χ4v) is 2.45. The Morgan fingerprint density at radius 2 is 1.63 bits per heavy atom. The fourth-order valence-electron chi connectivity index (χ4n) is 1.60. The second-order valence-electron chi connectivity index (χ2n) is 3.55. The Morgan fingerprint density at radius 1 is 1.05 bits per heavy atom. The molecule has 9 heteroatoms. The highest BCUT2D eigenvalue weighted by atomic mass is 79.9. The van der Waals surface area contributed by atoms with Crippen LogP contribution < -0.4 is 4.90 Å². The van der Waals surface area contributed by atoms with Crippen molar-refractivity contribution in [2.45, 2.75) is 0 Å². The summed E-state index contributed by atoms with van der Waals surface area (Å²) in [4.78, 5) is 22.3. The van der Waals surface area contributed by atoms with Gasteiger partial charge in [0.2, 0.25) is 0 Å². The second-order valence-corrected chi connectivity index (χ2v) is 5.14. The normalized spacial score (nSPS) is 10.2. The van der Waals surface area contributed by atoms with Gasteiger partial charge in [0.1, 0.15) is 5.69 Å². The van der Waals surface area contributed by atoms with Crippen molar-refractivity contribution in [3.8, 4) is 0 Å². The quantitative estimate of drug-likeness (QED) is 0.401. The molecule has 0 saturated carbocycles. The highest BCUT2D eigenvalue weighted by Gasteiger charge is 2.22. The van der Waals surface area contributed by atoms with E-state index in [1.54, 1.807) is 4.90 Å². The molecule has 0 bridgehead atoms. The van der Waals surface area contributed by atoms with Crippen LogP contribution in [0.3, 0.4) is 0 Å². The van der Waals surface area contributed by atoms with Crippen LogP contribution in [0, 0.1) is 20.2 Å². The Kier molecular flexibility index (Phi) is 6.16. The van der Waals surface area contributed by atoms with Crippen LogP contribution >= 0.6 is 31.9 Å². The molecule has 0 heterocycles. The molecule has 0 saturated heterocycles. The van der Waals surface area contributed by atoms with E-state index in [0.717, 1.165) is 6.07 Å². The molecule has 0 fully saturated rings. The van der Waals surface area contributed by atoms with Crippen molar-refractivity contribution in [2.75, 3.05) is 28.6 Å². The van der Waals surface area contributed by atoms with Crippen molar-refractivity contribution < 1.29 is 9.85 Å². The summed E-state index contributed by atoms with van der Waals surface area (Å²) >= 11 is 6.56. The Bertz CT molecular complexity index is 478. The monoisotopic (exact) mass is 395 g/mol. The van der Waals surface area contributed by atoms with Crippen LogP contribution in [-0.2, 0) is 0 Å². The lowest BCUT2D eigenvalue weighted by Gasteiger charge is -2.22. The van der Waals surface area contributed by atoms with Crippen molar-refractivity contribution in [2.24, 2.45) is 0 Å². The summed E-state index contributed by atoms with van der Waals surface area (Å²) in [6.07, 6.45) is 0. The van der Waals surface area contributed by atoms with Gasteiger partial charge in [0.15, 0.2) is 0 Å². The van der Waals surface area contributed by atoms with Crippen molar-refractivity contribution in [1.29, 1.82) is 0 Å². The van der Waals surface area contributed by atoms with Gasteiger partial charge in [-0.3, -0.25) is 20.2 Å². The third-order valence-corrected chi connectivity index (χ3v) is 3.13. The number of nitrogens with zero attached hydrogens (tertiary/aromatic N) is 3. The van der Waals surface area contributed by atoms with Crippen LogP contribution in [0.25, 0.3) is 0 Å². The van der Waals surface area contributed by atoms with Crippen LogP contribution in [0.5, 0.6) is 0 Å². The Morgan fingerprint density at radius 3 is 2.05 bits per heavy atom. The average molecular weight is 397 g/mol. The molecule has 0 aliphatic heterocycles. The lowest BCUT2D eigenvalue weighted by molar-refractivity contribution is -0.393. The van der Waals surface area contributed by atoms with Gasteiger partial charge in [-0.05, 0) is 6.07 Å². The topological polar surface area (TPSA) is 89.5 Å². The zero-order valence-electron chi connectivity index (χ0n) is 9.79. The molecule has 1 aromatic rings. The maximum Gasteiger partial charge on any atom is 0.299 e. The van der Waals surface area contributed by atoms with E-state index >= 15 is 0 Å². The highest BCUT2D eigenvalue weighted by molar-refractivity contribution is 9.09. The van der Waals surface area contributed by atoms with Gasteiger partial charge in [-0.15, -0.1) is 0 Å². The van der Waals surface area contributed by atoms with E-state index in [2.05, 4.69) is 31.9 Å². The van der Waals surface area contributed by atoms with Crippen LogP contribution in [0.1, 0.15) is 0 Å². The molecule has 104 valence electrons. The molecule has 0 aromatic heterocycles. The number of alkyl halides is 2. The van der Waals surface area contributed by atoms with E-state index in [-0.39, 0.29) is 11.4 Å². The first kappa shape index (κ1) is 15.8. The third kappa shape index (κ3) is 4.13. The summed E-state index contributed by atoms with van der Waals surface area (Å²) in [6.45, 7) is 1.15. The maximum absolute atomic E-state index is 11.0. The number of nitro benzene ring substituents is 2. The lowest BCUT2D eigenvalue weighted by Crippen LogP contribution is -2.28. The zero-order valence-corrected chi connectivity index (χ0v) is 13.0. The number of rotatable bonds is 7. The molecule has 0 spiro atoms. The first-order valence-corrected chi connectivity index (χ1v) is 7.55. The molecule has 0 amide bonds.